The summed E-state index contributed by atoms with van der Waals surface area (Å²) in [4.78, 5) is 22.4. The summed E-state index contributed by atoms with van der Waals surface area (Å²) in [6.07, 6.45) is 2.69. The molecule has 1 aliphatic heterocycles. The number of allylic oxidation sites excluding steroid dienone is 1. The predicted octanol–water partition coefficient (Wildman–Crippen LogP) is 5.99. The largest absolute Gasteiger partial charge is 0.469 e. The van der Waals surface area contributed by atoms with Gasteiger partial charge in [-0.05, 0) is 36.8 Å². The van der Waals surface area contributed by atoms with E-state index >= 15 is 0 Å². The highest BCUT2D eigenvalue weighted by Gasteiger charge is 2.27. The van der Waals surface area contributed by atoms with Gasteiger partial charge in [0.1, 0.15) is 5.76 Å². The van der Waals surface area contributed by atoms with E-state index in [-0.39, 0.29) is 1.43 Å². The molecule has 0 aliphatic carbocycles. The highest BCUT2D eigenvalue weighted by atomic mass is 16.3. The minimum atomic E-state index is -0.557. The monoisotopic (exact) mass is 345 g/mol. The highest BCUT2D eigenvalue weighted by Crippen LogP contribution is 2.26. The van der Waals surface area contributed by atoms with Gasteiger partial charge in [-0.1, -0.05) is 52.8 Å². The van der Waals surface area contributed by atoms with Gasteiger partial charge in [-0.2, -0.15) is 0 Å². The molecule has 2 aromatic rings. The zero-order valence-corrected chi connectivity index (χ0v) is 16.1. The van der Waals surface area contributed by atoms with Crippen LogP contribution in [0.3, 0.4) is 0 Å². The number of carbonyl (C=O) groups excluding carboxylic acids is 2. The first-order valence-corrected chi connectivity index (χ1v) is 8.71. The van der Waals surface area contributed by atoms with Gasteiger partial charge in [0.15, 0.2) is 0 Å². The van der Waals surface area contributed by atoms with Crippen LogP contribution in [-0.4, -0.2) is 11.7 Å². The molecule has 0 fully saturated rings. The van der Waals surface area contributed by atoms with Crippen molar-refractivity contribution in [1.82, 2.24) is 0 Å². The molecular formula is C21H31NO3. The second kappa shape index (κ2) is 11.8. The number of hydrogen-bond acceptors (Lipinski definition) is 3. The van der Waals surface area contributed by atoms with Gasteiger partial charge in [0.05, 0.1) is 17.5 Å². The summed E-state index contributed by atoms with van der Waals surface area (Å²) in [6, 6.07) is 9.12. The Labute approximate surface area is 152 Å². The number of hydrogen-bond donors (Lipinski definition) is 1. The molecule has 0 saturated carbocycles. The molecule has 1 aliphatic rings. The summed E-state index contributed by atoms with van der Waals surface area (Å²) in [6.45, 7) is 15.7. The summed E-state index contributed by atoms with van der Waals surface area (Å²) in [5.41, 5.74) is 2.79. The summed E-state index contributed by atoms with van der Waals surface area (Å²) in [5, 5.41) is 2.50. The van der Waals surface area contributed by atoms with Gasteiger partial charge in [0, 0.05) is 7.85 Å². The number of Topliss-reactive ketones (excluding diaryl/α,β-unsaturated/α-hetero) is 1. The van der Waals surface area contributed by atoms with E-state index in [0.29, 0.717) is 11.3 Å². The SMILES string of the molecule is C=C(C)c1ccc2c(c1)C(=O)C(=O)N2.CC.CC.CCc1ccco1.[HH]. The normalized spacial score (nSPS) is 10.8. The molecule has 4 nitrogen and oxygen atoms in total. The fourth-order valence-electron chi connectivity index (χ4n) is 1.92. The number of anilines is 1. The Morgan fingerprint density at radius 2 is 1.80 bits per heavy atom. The van der Waals surface area contributed by atoms with Crippen LogP contribution in [0.15, 0.2) is 47.6 Å². The van der Waals surface area contributed by atoms with Crippen molar-refractivity contribution in [2.45, 2.75) is 48.0 Å². The standard InChI is InChI=1S/C11H9NO2.C6H8O.2C2H6.H2/c1-6(2)7-3-4-9-8(5-7)10(13)11(14)12-9;1-2-6-4-3-5-7-6;2*1-2;/h3-5H,1H2,2H3,(H,12,13,14);3-5H,2H2,1H3;2*1-2H3;1H. The second-order valence-corrected chi connectivity index (χ2v) is 4.76. The molecule has 25 heavy (non-hydrogen) atoms. The molecule has 3 rings (SSSR count). The van der Waals surface area contributed by atoms with Crippen LogP contribution in [-0.2, 0) is 11.2 Å². The van der Waals surface area contributed by atoms with Crippen LogP contribution in [0.5, 0.6) is 0 Å². The maximum Gasteiger partial charge on any atom is 0.296 e. The van der Waals surface area contributed by atoms with Crippen molar-refractivity contribution in [3.05, 3.63) is 60.1 Å². The third-order valence-electron chi connectivity index (χ3n) is 3.14. The van der Waals surface area contributed by atoms with Crippen molar-refractivity contribution in [2.24, 2.45) is 0 Å². The number of carbonyl (C=O) groups is 2. The van der Waals surface area contributed by atoms with Crippen molar-refractivity contribution in [3.63, 3.8) is 0 Å². The topological polar surface area (TPSA) is 59.3 Å². The molecule has 0 spiro atoms. The number of benzene rings is 1. The van der Waals surface area contributed by atoms with Crippen LogP contribution in [0.1, 0.15) is 64.7 Å². The van der Waals surface area contributed by atoms with E-state index < -0.39 is 11.7 Å². The molecule has 0 radical (unpaired) electrons. The van der Waals surface area contributed by atoms with Crippen molar-refractivity contribution in [2.75, 3.05) is 5.32 Å². The molecule has 1 aromatic carbocycles. The molecule has 138 valence electrons. The van der Waals surface area contributed by atoms with Crippen LogP contribution >= 0.6 is 0 Å². The van der Waals surface area contributed by atoms with Crippen molar-refractivity contribution >= 4 is 23.0 Å². The Morgan fingerprint density at radius 1 is 1.16 bits per heavy atom. The zero-order chi connectivity index (χ0) is 19.4. The first-order valence-electron chi connectivity index (χ1n) is 8.71. The van der Waals surface area contributed by atoms with E-state index in [0.717, 1.165) is 23.3 Å². The molecule has 0 saturated heterocycles. The van der Waals surface area contributed by atoms with Crippen molar-refractivity contribution in [3.8, 4) is 0 Å². The molecule has 0 bridgehead atoms. The van der Waals surface area contributed by atoms with Gasteiger partial charge in [0.2, 0.25) is 0 Å². The number of rotatable bonds is 2. The minimum Gasteiger partial charge on any atom is -0.469 e. The van der Waals surface area contributed by atoms with E-state index in [2.05, 4.69) is 18.8 Å². The molecule has 0 unspecified atom stereocenters. The summed E-state index contributed by atoms with van der Waals surface area (Å²) in [7, 11) is 0. The molecule has 1 N–H and O–H groups in total. The molecule has 2 heterocycles. The van der Waals surface area contributed by atoms with Crippen LogP contribution in [0, 0.1) is 0 Å². The van der Waals surface area contributed by atoms with E-state index in [1.807, 2.05) is 52.8 Å². The van der Waals surface area contributed by atoms with E-state index in [1.165, 1.54) is 0 Å². The number of fused-ring (bicyclic) bond motifs is 1. The third-order valence-corrected chi connectivity index (χ3v) is 3.14. The average Bonchev–Trinajstić information content (AvgIpc) is 3.27. The van der Waals surface area contributed by atoms with Crippen molar-refractivity contribution in [1.29, 1.82) is 0 Å². The summed E-state index contributed by atoms with van der Waals surface area (Å²) in [5.74, 6) is 0.0296. The molecule has 1 aromatic heterocycles. The number of aryl methyl sites for hydroxylation is 1. The molecule has 1 amide bonds. The van der Waals surface area contributed by atoms with Crippen LogP contribution in [0.25, 0.3) is 5.57 Å². The lowest BCUT2D eigenvalue weighted by molar-refractivity contribution is -0.112. The number of ketones is 1. The number of amides is 1. The Morgan fingerprint density at radius 3 is 2.24 bits per heavy atom. The number of furan rings is 1. The second-order valence-electron chi connectivity index (χ2n) is 4.76. The quantitative estimate of drug-likeness (QED) is 0.680. The fraction of sp³-hybridized carbons (Fsp3) is 0.333. The lowest BCUT2D eigenvalue weighted by atomic mass is 10.0. The number of nitrogens with one attached hydrogen (secondary N) is 1. The van der Waals surface area contributed by atoms with E-state index in [9.17, 15) is 9.59 Å². The lowest BCUT2D eigenvalue weighted by Crippen LogP contribution is -2.12. The predicted molar refractivity (Wildman–Crippen MR) is 107 cm³/mol. The van der Waals surface area contributed by atoms with Gasteiger partial charge < -0.3 is 9.73 Å². The molecule has 4 heteroatoms. The Hall–Kier alpha value is -2.62. The van der Waals surface area contributed by atoms with Crippen LogP contribution in [0.4, 0.5) is 5.69 Å². The summed E-state index contributed by atoms with van der Waals surface area (Å²) >= 11 is 0. The van der Waals surface area contributed by atoms with Gasteiger partial charge in [-0.3, -0.25) is 9.59 Å². The maximum absolute atomic E-state index is 11.3. The highest BCUT2D eigenvalue weighted by molar-refractivity contribution is 6.51. The summed E-state index contributed by atoms with van der Waals surface area (Å²) < 4.78 is 4.98. The maximum atomic E-state index is 11.3. The van der Waals surface area contributed by atoms with Gasteiger partial charge >= 0.3 is 0 Å². The third kappa shape index (κ3) is 6.42. The molecule has 0 atom stereocenters. The van der Waals surface area contributed by atoms with E-state index in [1.54, 1.807) is 18.4 Å². The Kier molecular flexibility index (Phi) is 10.6. The lowest BCUT2D eigenvalue weighted by Gasteiger charge is -2.01. The van der Waals surface area contributed by atoms with Crippen LogP contribution in [0.2, 0.25) is 0 Å². The Balaban J connectivity index is 0. The zero-order valence-electron chi connectivity index (χ0n) is 16.1. The first-order chi connectivity index (χ1) is 12.0. The van der Waals surface area contributed by atoms with Crippen molar-refractivity contribution < 1.29 is 15.4 Å². The van der Waals surface area contributed by atoms with Gasteiger partial charge in [-0.15, -0.1) is 0 Å². The Bertz CT molecular complexity index is 691. The van der Waals surface area contributed by atoms with Gasteiger partial charge in [-0.25, -0.2) is 0 Å². The average molecular weight is 345 g/mol. The first kappa shape index (κ1) is 22.4. The smallest absolute Gasteiger partial charge is 0.296 e. The minimum absolute atomic E-state index is 0. The van der Waals surface area contributed by atoms with E-state index in [4.69, 9.17) is 4.42 Å². The fourth-order valence-corrected chi connectivity index (χ4v) is 1.92. The molecular weight excluding hydrogens is 314 g/mol. The van der Waals surface area contributed by atoms with Gasteiger partial charge in [0.25, 0.3) is 11.7 Å². The van der Waals surface area contributed by atoms with Crippen LogP contribution < -0.4 is 5.32 Å².